The quantitative estimate of drug-likeness (QED) is 0.851. The summed E-state index contributed by atoms with van der Waals surface area (Å²) in [5.41, 5.74) is 5.37. The monoisotopic (exact) mass is 334 g/mol. The summed E-state index contributed by atoms with van der Waals surface area (Å²) >= 11 is 6.46. The SMILES string of the molecule is CC1CSCCN1S(=O)(=O)c1ccc(F)c(C(N)=S)c1. The molecular weight excluding hydrogens is 319 g/mol. The van der Waals surface area contributed by atoms with Crippen molar-refractivity contribution in [1.82, 2.24) is 4.31 Å². The van der Waals surface area contributed by atoms with Crippen LogP contribution in [0, 0.1) is 5.82 Å². The fourth-order valence-electron chi connectivity index (χ4n) is 2.06. The molecule has 0 amide bonds. The highest BCUT2D eigenvalue weighted by Gasteiger charge is 2.31. The lowest BCUT2D eigenvalue weighted by atomic mass is 10.2. The molecule has 1 aliphatic heterocycles. The van der Waals surface area contributed by atoms with E-state index < -0.39 is 15.8 Å². The van der Waals surface area contributed by atoms with Crippen molar-refractivity contribution in [2.24, 2.45) is 5.73 Å². The van der Waals surface area contributed by atoms with Gasteiger partial charge in [-0.25, -0.2) is 12.8 Å². The average molecular weight is 334 g/mol. The molecule has 1 aromatic rings. The fraction of sp³-hybridized carbons (Fsp3) is 0.417. The van der Waals surface area contributed by atoms with Crippen LogP contribution < -0.4 is 5.73 Å². The first-order valence-electron chi connectivity index (χ1n) is 6.03. The topological polar surface area (TPSA) is 63.4 Å². The normalized spacial score (nSPS) is 20.8. The Morgan fingerprint density at radius 3 is 2.85 bits per heavy atom. The van der Waals surface area contributed by atoms with Crippen molar-refractivity contribution in [1.29, 1.82) is 0 Å². The molecule has 8 heteroatoms. The van der Waals surface area contributed by atoms with Gasteiger partial charge in [-0.2, -0.15) is 16.1 Å². The molecule has 20 heavy (non-hydrogen) atoms. The second-order valence-electron chi connectivity index (χ2n) is 4.55. The van der Waals surface area contributed by atoms with Crippen LogP contribution in [0.15, 0.2) is 23.1 Å². The van der Waals surface area contributed by atoms with Gasteiger partial charge in [-0.1, -0.05) is 12.2 Å². The highest BCUT2D eigenvalue weighted by atomic mass is 32.2. The summed E-state index contributed by atoms with van der Waals surface area (Å²) < 4.78 is 40.2. The molecule has 0 saturated carbocycles. The Kier molecular flexibility index (Phi) is 4.68. The van der Waals surface area contributed by atoms with E-state index in [0.29, 0.717) is 6.54 Å². The molecule has 0 bridgehead atoms. The first-order valence-corrected chi connectivity index (χ1v) is 9.03. The predicted molar refractivity (Wildman–Crippen MR) is 83.0 cm³/mol. The number of halogens is 1. The van der Waals surface area contributed by atoms with Crippen LogP contribution in [-0.2, 0) is 10.0 Å². The summed E-state index contributed by atoms with van der Waals surface area (Å²) in [6, 6.07) is 3.46. The highest BCUT2D eigenvalue weighted by molar-refractivity contribution is 7.99. The number of nitrogens with two attached hydrogens (primary N) is 1. The van der Waals surface area contributed by atoms with Crippen LogP contribution in [0.1, 0.15) is 12.5 Å². The van der Waals surface area contributed by atoms with E-state index in [-0.39, 0.29) is 21.5 Å². The molecule has 0 aliphatic carbocycles. The predicted octanol–water partition coefficient (Wildman–Crippen LogP) is 1.59. The van der Waals surface area contributed by atoms with E-state index >= 15 is 0 Å². The number of thiocarbonyl (C=S) groups is 1. The minimum absolute atomic E-state index is 0.0282. The molecule has 1 heterocycles. The third kappa shape index (κ3) is 2.98. The van der Waals surface area contributed by atoms with Crippen molar-refractivity contribution in [3.05, 3.63) is 29.6 Å². The Balaban J connectivity index is 2.44. The van der Waals surface area contributed by atoms with Crippen LogP contribution in [0.2, 0.25) is 0 Å². The lowest BCUT2D eigenvalue weighted by Gasteiger charge is -2.32. The van der Waals surface area contributed by atoms with Gasteiger partial charge in [0.25, 0.3) is 0 Å². The van der Waals surface area contributed by atoms with Crippen molar-refractivity contribution in [3.8, 4) is 0 Å². The number of hydrogen-bond acceptors (Lipinski definition) is 4. The Labute approximate surface area is 127 Å². The van der Waals surface area contributed by atoms with Gasteiger partial charge in [0.15, 0.2) is 0 Å². The molecule has 1 atom stereocenters. The van der Waals surface area contributed by atoms with E-state index in [1.165, 1.54) is 16.4 Å². The zero-order valence-corrected chi connectivity index (χ0v) is 13.3. The van der Waals surface area contributed by atoms with E-state index in [2.05, 4.69) is 0 Å². The number of thioether (sulfide) groups is 1. The van der Waals surface area contributed by atoms with Crippen LogP contribution in [0.5, 0.6) is 0 Å². The van der Waals surface area contributed by atoms with Gasteiger partial charge in [-0.15, -0.1) is 0 Å². The summed E-state index contributed by atoms with van der Waals surface area (Å²) in [5, 5.41) is 0. The minimum Gasteiger partial charge on any atom is -0.389 e. The Morgan fingerprint density at radius 2 is 2.25 bits per heavy atom. The number of rotatable bonds is 3. The van der Waals surface area contributed by atoms with Crippen LogP contribution in [0.4, 0.5) is 4.39 Å². The third-order valence-corrected chi connectivity index (χ3v) is 6.54. The molecule has 1 saturated heterocycles. The van der Waals surface area contributed by atoms with E-state index in [4.69, 9.17) is 18.0 Å². The molecule has 0 aromatic heterocycles. The molecule has 0 spiro atoms. The first-order chi connectivity index (χ1) is 9.34. The molecular formula is C12H15FN2O2S3. The molecule has 110 valence electrons. The third-order valence-electron chi connectivity index (χ3n) is 3.12. The van der Waals surface area contributed by atoms with Crippen molar-refractivity contribution in [3.63, 3.8) is 0 Å². The number of sulfonamides is 1. The summed E-state index contributed by atoms with van der Waals surface area (Å²) in [6.07, 6.45) is 0. The Hall–Kier alpha value is -0.700. The molecule has 4 nitrogen and oxygen atoms in total. The second kappa shape index (κ2) is 5.97. The average Bonchev–Trinajstić information content (AvgIpc) is 2.38. The van der Waals surface area contributed by atoms with E-state index in [9.17, 15) is 12.8 Å². The van der Waals surface area contributed by atoms with E-state index in [1.54, 1.807) is 11.8 Å². The maximum absolute atomic E-state index is 13.5. The zero-order valence-electron chi connectivity index (χ0n) is 10.9. The van der Waals surface area contributed by atoms with Gasteiger partial charge < -0.3 is 5.73 Å². The van der Waals surface area contributed by atoms with Crippen molar-refractivity contribution in [2.75, 3.05) is 18.1 Å². The molecule has 1 fully saturated rings. The Bertz CT molecular complexity index is 634. The van der Waals surface area contributed by atoms with Gasteiger partial charge in [0.2, 0.25) is 10.0 Å². The van der Waals surface area contributed by atoms with Gasteiger partial charge in [0, 0.05) is 29.7 Å². The smallest absolute Gasteiger partial charge is 0.243 e. The van der Waals surface area contributed by atoms with Gasteiger partial charge >= 0.3 is 0 Å². The van der Waals surface area contributed by atoms with Gasteiger partial charge in [0.1, 0.15) is 10.8 Å². The molecule has 0 radical (unpaired) electrons. The number of benzene rings is 1. The lowest BCUT2D eigenvalue weighted by molar-refractivity contribution is 0.367. The maximum atomic E-state index is 13.5. The molecule has 1 unspecified atom stereocenters. The number of hydrogen-bond donors (Lipinski definition) is 1. The summed E-state index contributed by atoms with van der Waals surface area (Å²) in [6.45, 7) is 2.32. The standard InChI is InChI=1S/C12H15FN2O2S3/c1-8-7-19-5-4-15(8)20(16,17)9-2-3-11(13)10(6-9)12(14)18/h2-3,6,8H,4-5,7H2,1H3,(H2,14,18). The summed E-state index contributed by atoms with van der Waals surface area (Å²) in [7, 11) is -3.65. The Morgan fingerprint density at radius 1 is 1.55 bits per heavy atom. The van der Waals surface area contributed by atoms with Crippen molar-refractivity contribution in [2.45, 2.75) is 17.9 Å². The van der Waals surface area contributed by atoms with E-state index in [0.717, 1.165) is 17.6 Å². The number of nitrogens with zero attached hydrogens (tertiary/aromatic N) is 1. The van der Waals surface area contributed by atoms with Crippen molar-refractivity contribution < 1.29 is 12.8 Å². The minimum atomic E-state index is -3.65. The van der Waals surface area contributed by atoms with Gasteiger partial charge in [0.05, 0.1) is 4.90 Å². The van der Waals surface area contributed by atoms with Gasteiger partial charge in [-0.05, 0) is 25.1 Å². The second-order valence-corrected chi connectivity index (χ2v) is 8.03. The van der Waals surface area contributed by atoms with Crippen LogP contribution in [0.25, 0.3) is 0 Å². The fourth-order valence-corrected chi connectivity index (χ4v) is 5.10. The van der Waals surface area contributed by atoms with Crippen LogP contribution in [0.3, 0.4) is 0 Å². The van der Waals surface area contributed by atoms with E-state index in [1.807, 2.05) is 6.92 Å². The zero-order chi connectivity index (χ0) is 14.9. The van der Waals surface area contributed by atoms with Gasteiger partial charge in [-0.3, -0.25) is 0 Å². The lowest BCUT2D eigenvalue weighted by Crippen LogP contribution is -2.44. The van der Waals surface area contributed by atoms with Crippen LogP contribution in [-0.4, -0.2) is 41.8 Å². The van der Waals surface area contributed by atoms with Crippen LogP contribution >= 0.6 is 24.0 Å². The summed E-state index contributed by atoms with van der Waals surface area (Å²) in [5.74, 6) is 0.897. The highest BCUT2D eigenvalue weighted by Crippen LogP contribution is 2.25. The first kappa shape index (κ1) is 15.7. The van der Waals surface area contributed by atoms with Crippen molar-refractivity contribution >= 4 is 39.0 Å². The largest absolute Gasteiger partial charge is 0.389 e. The molecule has 1 aromatic carbocycles. The summed E-state index contributed by atoms with van der Waals surface area (Å²) in [4.78, 5) is -0.123. The molecule has 1 aliphatic rings. The molecule has 2 rings (SSSR count). The maximum Gasteiger partial charge on any atom is 0.243 e. The molecule has 2 N–H and O–H groups in total.